The van der Waals surface area contributed by atoms with E-state index in [9.17, 15) is 14.9 Å². The third-order valence-electron chi connectivity index (χ3n) is 3.72. The van der Waals surface area contributed by atoms with E-state index in [0.29, 0.717) is 0 Å². The highest BCUT2D eigenvalue weighted by Crippen LogP contribution is 2.29. The molecule has 0 bridgehead atoms. The Labute approximate surface area is 116 Å². The van der Waals surface area contributed by atoms with Crippen molar-refractivity contribution in [1.29, 1.82) is 0 Å². The summed E-state index contributed by atoms with van der Waals surface area (Å²) in [5, 5.41) is 14.0. The number of hydrogen-bond acceptors (Lipinski definition) is 5. The Kier molecular flexibility index (Phi) is 4.07. The number of amides is 1. The van der Waals surface area contributed by atoms with Gasteiger partial charge in [0.1, 0.15) is 5.69 Å². The summed E-state index contributed by atoms with van der Waals surface area (Å²) in [5.74, 6) is -0.266. The molecule has 7 heteroatoms. The molecule has 7 nitrogen and oxygen atoms in total. The number of rotatable bonds is 4. The predicted molar refractivity (Wildman–Crippen MR) is 76.1 cm³/mol. The maximum Gasteiger partial charge on any atom is 0.292 e. The van der Waals surface area contributed by atoms with Crippen molar-refractivity contribution in [2.45, 2.75) is 31.7 Å². The first-order valence-corrected chi connectivity index (χ1v) is 6.57. The number of primary amides is 1. The fourth-order valence-electron chi connectivity index (χ4n) is 2.57. The third kappa shape index (κ3) is 3.17. The summed E-state index contributed by atoms with van der Waals surface area (Å²) in [6.07, 6.45) is 3.25. The molecule has 0 aliphatic heterocycles. The normalized spacial score (nSPS) is 22.2. The van der Waals surface area contributed by atoms with Crippen molar-refractivity contribution in [3.05, 3.63) is 28.3 Å². The first kappa shape index (κ1) is 14.1. The van der Waals surface area contributed by atoms with Crippen LogP contribution in [0, 0.1) is 16.0 Å². The molecule has 0 heterocycles. The van der Waals surface area contributed by atoms with Crippen LogP contribution in [0.25, 0.3) is 0 Å². The SMILES string of the molecule is NC(=O)C1CCC(Nc2ccc([N+](=O)[O-])c(N)c2)CC1. The van der Waals surface area contributed by atoms with Crippen molar-refractivity contribution in [2.24, 2.45) is 11.7 Å². The number of anilines is 2. The zero-order valence-electron chi connectivity index (χ0n) is 11.0. The van der Waals surface area contributed by atoms with Crippen LogP contribution in [0.4, 0.5) is 17.1 Å². The number of nitro benzene ring substituents is 1. The number of benzene rings is 1. The lowest BCUT2D eigenvalue weighted by molar-refractivity contribution is -0.383. The summed E-state index contributed by atoms with van der Waals surface area (Å²) in [6.45, 7) is 0. The summed E-state index contributed by atoms with van der Waals surface area (Å²) in [6, 6.07) is 4.85. The lowest BCUT2D eigenvalue weighted by atomic mass is 9.85. The molecule has 1 saturated carbocycles. The van der Waals surface area contributed by atoms with E-state index < -0.39 is 4.92 Å². The van der Waals surface area contributed by atoms with Gasteiger partial charge in [-0.25, -0.2) is 0 Å². The highest BCUT2D eigenvalue weighted by molar-refractivity contribution is 5.76. The molecule has 1 aromatic carbocycles. The molecule has 0 aromatic heterocycles. The van der Waals surface area contributed by atoms with Crippen LogP contribution in [-0.4, -0.2) is 16.9 Å². The molecule has 0 unspecified atom stereocenters. The molecule has 1 aliphatic rings. The third-order valence-corrected chi connectivity index (χ3v) is 3.72. The van der Waals surface area contributed by atoms with Crippen molar-refractivity contribution in [3.63, 3.8) is 0 Å². The van der Waals surface area contributed by atoms with E-state index in [4.69, 9.17) is 11.5 Å². The number of carbonyl (C=O) groups excluding carboxylic acids is 1. The molecule has 1 fully saturated rings. The molecule has 0 saturated heterocycles. The molecule has 0 spiro atoms. The minimum Gasteiger partial charge on any atom is -0.393 e. The van der Waals surface area contributed by atoms with Gasteiger partial charge in [-0.3, -0.25) is 14.9 Å². The summed E-state index contributed by atoms with van der Waals surface area (Å²) < 4.78 is 0. The Morgan fingerprint density at radius 2 is 1.95 bits per heavy atom. The molecule has 1 amide bonds. The Balaban J connectivity index is 1.96. The van der Waals surface area contributed by atoms with E-state index in [2.05, 4.69) is 5.32 Å². The molecular weight excluding hydrogens is 260 g/mol. The topological polar surface area (TPSA) is 124 Å². The van der Waals surface area contributed by atoms with Crippen LogP contribution in [0.15, 0.2) is 18.2 Å². The number of nitrogens with two attached hydrogens (primary N) is 2. The van der Waals surface area contributed by atoms with Crippen LogP contribution in [0.2, 0.25) is 0 Å². The van der Waals surface area contributed by atoms with Crippen LogP contribution in [0.5, 0.6) is 0 Å². The summed E-state index contributed by atoms with van der Waals surface area (Å²) >= 11 is 0. The molecular formula is C13H18N4O3. The average molecular weight is 278 g/mol. The highest BCUT2D eigenvalue weighted by atomic mass is 16.6. The standard InChI is InChI=1S/C13H18N4O3/c14-11-7-10(5-6-12(11)17(19)20)16-9-3-1-8(2-4-9)13(15)18/h5-9,16H,1-4,14H2,(H2,15,18). The number of carbonyl (C=O) groups is 1. The van der Waals surface area contributed by atoms with Gasteiger partial charge in [-0.15, -0.1) is 0 Å². The van der Waals surface area contributed by atoms with Crippen LogP contribution in [0.3, 0.4) is 0 Å². The Hall–Kier alpha value is -2.31. The first-order chi connectivity index (χ1) is 9.47. The van der Waals surface area contributed by atoms with Gasteiger partial charge in [0.15, 0.2) is 0 Å². The highest BCUT2D eigenvalue weighted by Gasteiger charge is 2.24. The van der Waals surface area contributed by atoms with Gasteiger partial charge in [0.05, 0.1) is 4.92 Å². The van der Waals surface area contributed by atoms with E-state index in [1.165, 1.54) is 6.07 Å². The zero-order valence-corrected chi connectivity index (χ0v) is 11.0. The fourth-order valence-corrected chi connectivity index (χ4v) is 2.57. The summed E-state index contributed by atoms with van der Waals surface area (Å²) in [5.41, 5.74) is 11.8. The molecule has 1 aliphatic carbocycles. The fraction of sp³-hybridized carbons (Fsp3) is 0.462. The maximum atomic E-state index is 11.1. The van der Waals surface area contributed by atoms with Crippen LogP contribution in [-0.2, 0) is 4.79 Å². The van der Waals surface area contributed by atoms with Crippen molar-refractivity contribution < 1.29 is 9.72 Å². The van der Waals surface area contributed by atoms with Crippen molar-refractivity contribution in [1.82, 2.24) is 0 Å². The van der Waals surface area contributed by atoms with Crippen molar-refractivity contribution >= 4 is 23.0 Å². The largest absolute Gasteiger partial charge is 0.393 e. The molecule has 108 valence electrons. The lowest BCUT2D eigenvalue weighted by Crippen LogP contribution is -2.32. The second-order valence-corrected chi connectivity index (χ2v) is 5.13. The maximum absolute atomic E-state index is 11.1. The van der Waals surface area contributed by atoms with Gasteiger partial charge in [-0.05, 0) is 37.8 Å². The molecule has 0 radical (unpaired) electrons. The minimum atomic E-state index is -0.503. The van der Waals surface area contributed by atoms with Crippen molar-refractivity contribution in [2.75, 3.05) is 11.1 Å². The average Bonchev–Trinajstić information content (AvgIpc) is 2.39. The van der Waals surface area contributed by atoms with Gasteiger partial charge < -0.3 is 16.8 Å². The minimum absolute atomic E-state index is 0.0324. The number of hydrogen-bond donors (Lipinski definition) is 3. The molecule has 20 heavy (non-hydrogen) atoms. The van der Waals surface area contributed by atoms with Gasteiger partial charge in [0.25, 0.3) is 5.69 Å². The van der Waals surface area contributed by atoms with Crippen LogP contribution < -0.4 is 16.8 Å². The number of nitrogen functional groups attached to an aromatic ring is 1. The Morgan fingerprint density at radius 1 is 1.30 bits per heavy atom. The van der Waals surface area contributed by atoms with Gasteiger partial charge in [-0.2, -0.15) is 0 Å². The van der Waals surface area contributed by atoms with E-state index in [1.807, 2.05) is 0 Å². The molecule has 2 rings (SSSR count). The number of nitro groups is 1. The van der Waals surface area contributed by atoms with E-state index in [1.54, 1.807) is 12.1 Å². The predicted octanol–water partition coefficient (Wildman–Crippen LogP) is 1.63. The van der Waals surface area contributed by atoms with Gasteiger partial charge in [0.2, 0.25) is 5.91 Å². The molecule has 0 atom stereocenters. The monoisotopic (exact) mass is 278 g/mol. The van der Waals surface area contributed by atoms with Crippen LogP contribution in [0.1, 0.15) is 25.7 Å². The van der Waals surface area contributed by atoms with Crippen molar-refractivity contribution in [3.8, 4) is 0 Å². The van der Waals surface area contributed by atoms with E-state index in [-0.39, 0.29) is 29.2 Å². The second-order valence-electron chi connectivity index (χ2n) is 5.13. The number of nitrogens with zero attached hydrogens (tertiary/aromatic N) is 1. The van der Waals surface area contributed by atoms with Gasteiger partial charge >= 0.3 is 0 Å². The Morgan fingerprint density at radius 3 is 2.45 bits per heavy atom. The van der Waals surface area contributed by atoms with Gasteiger partial charge in [0, 0.05) is 23.7 Å². The quantitative estimate of drug-likeness (QED) is 0.438. The Bertz CT molecular complexity index is 524. The molecule has 5 N–H and O–H groups in total. The van der Waals surface area contributed by atoms with Crippen LogP contribution >= 0.6 is 0 Å². The molecule has 1 aromatic rings. The number of nitrogens with one attached hydrogen (secondary N) is 1. The smallest absolute Gasteiger partial charge is 0.292 e. The van der Waals surface area contributed by atoms with E-state index >= 15 is 0 Å². The summed E-state index contributed by atoms with van der Waals surface area (Å²) in [7, 11) is 0. The summed E-state index contributed by atoms with van der Waals surface area (Å²) in [4.78, 5) is 21.3. The second kappa shape index (κ2) is 5.77. The van der Waals surface area contributed by atoms with E-state index in [0.717, 1.165) is 31.4 Å². The zero-order chi connectivity index (χ0) is 14.7. The van der Waals surface area contributed by atoms with Gasteiger partial charge in [-0.1, -0.05) is 0 Å². The first-order valence-electron chi connectivity index (χ1n) is 6.57. The lowest BCUT2D eigenvalue weighted by Gasteiger charge is -2.28.